The monoisotopic (exact) mass is 336 g/mol. The second-order valence-electron chi connectivity index (χ2n) is 4.90. The summed E-state index contributed by atoms with van der Waals surface area (Å²) in [5.41, 5.74) is 6.90. The Labute approximate surface area is 128 Å². The van der Waals surface area contributed by atoms with Gasteiger partial charge in [-0.15, -0.1) is 0 Å². The lowest BCUT2D eigenvalue weighted by Gasteiger charge is -2.21. The maximum absolute atomic E-state index is 5.61. The van der Waals surface area contributed by atoms with E-state index in [1.807, 2.05) is 18.2 Å². The average molecular weight is 337 g/mol. The zero-order chi connectivity index (χ0) is 14.2. The van der Waals surface area contributed by atoms with Gasteiger partial charge < -0.3 is 10.2 Å². The summed E-state index contributed by atoms with van der Waals surface area (Å²) in [7, 11) is 0. The van der Waals surface area contributed by atoms with Crippen molar-refractivity contribution >= 4 is 15.9 Å². The first-order valence-electron chi connectivity index (χ1n) is 6.98. The summed E-state index contributed by atoms with van der Waals surface area (Å²) in [6.45, 7) is 3.55. The first-order chi connectivity index (χ1) is 9.78. The van der Waals surface area contributed by atoms with Gasteiger partial charge in [0.1, 0.15) is 5.76 Å². The van der Waals surface area contributed by atoms with E-state index in [1.165, 1.54) is 5.56 Å². The van der Waals surface area contributed by atoms with Crippen LogP contribution in [0.1, 0.15) is 24.2 Å². The van der Waals surface area contributed by atoms with Crippen LogP contribution in [0.3, 0.4) is 0 Å². The lowest BCUT2D eigenvalue weighted by Crippen LogP contribution is -2.24. The van der Waals surface area contributed by atoms with Crippen LogP contribution in [0.4, 0.5) is 0 Å². The Hall–Kier alpha value is -1.10. The topological polar surface area (TPSA) is 42.4 Å². The molecule has 0 spiro atoms. The third-order valence-corrected chi connectivity index (χ3v) is 3.61. The highest BCUT2D eigenvalue weighted by atomic mass is 79.9. The van der Waals surface area contributed by atoms with Crippen molar-refractivity contribution in [3.05, 3.63) is 58.5 Å². The summed E-state index contributed by atoms with van der Waals surface area (Å²) in [6, 6.07) is 14.5. The third kappa shape index (κ3) is 5.12. The molecule has 0 unspecified atom stereocenters. The smallest absolute Gasteiger partial charge is 0.169 e. The maximum atomic E-state index is 5.61. The van der Waals surface area contributed by atoms with Crippen LogP contribution in [0.5, 0.6) is 0 Å². The second-order valence-corrected chi connectivity index (χ2v) is 5.68. The molecule has 0 amide bonds. The largest absolute Gasteiger partial charge is 0.453 e. The van der Waals surface area contributed by atoms with Gasteiger partial charge in [-0.3, -0.25) is 4.90 Å². The molecule has 2 N–H and O–H groups in total. The number of halogens is 1. The molecule has 2 aromatic rings. The van der Waals surface area contributed by atoms with Gasteiger partial charge in [-0.25, -0.2) is 0 Å². The predicted molar refractivity (Wildman–Crippen MR) is 85.3 cm³/mol. The van der Waals surface area contributed by atoms with Crippen molar-refractivity contribution in [1.82, 2.24) is 4.90 Å². The van der Waals surface area contributed by atoms with Crippen molar-refractivity contribution < 1.29 is 4.42 Å². The molecule has 1 aromatic carbocycles. The minimum atomic E-state index is 0.755. The third-order valence-electron chi connectivity index (χ3n) is 3.19. The summed E-state index contributed by atoms with van der Waals surface area (Å²) >= 11 is 3.35. The minimum absolute atomic E-state index is 0.755. The molecule has 0 saturated heterocycles. The molecule has 4 heteroatoms. The Morgan fingerprint density at radius 1 is 1.00 bits per heavy atom. The Morgan fingerprint density at radius 3 is 2.45 bits per heavy atom. The SMILES string of the molecule is NCCCCN(Cc1ccccc1)Cc1ccc(Br)o1. The highest BCUT2D eigenvalue weighted by Gasteiger charge is 2.09. The zero-order valence-corrected chi connectivity index (χ0v) is 13.2. The quantitative estimate of drug-likeness (QED) is 0.746. The van der Waals surface area contributed by atoms with Gasteiger partial charge >= 0.3 is 0 Å². The minimum Gasteiger partial charge on any atom is -0.453 e. The fourth-order valence-corrected chi connectivity index (χ4v) is 2.53. The Kier molecular flexibility index (Phi) is 6.30. The lowest BCUT2D eigenvalue weighted by atomic mass is 10.2. The first-order valence-corrected chi connectivity index (χ1v) is 7.78. The normalized spacial score (nSPS) is 11.2. The molecule has 0 aliphatic heterocycles. The van der Waals surface area contributed by atoms with Crippen molar-refractivity contribution in [1.29, 1.82) is 0 Å². The van der Waals surface area contributed by atoms with Crippen molar-refractivity contribution in [2.24, 2.45) is 5.73 Å². The van der Waals surface area contributed by atoms with Crippen LogP contribution in [0, 0.1) is 0 Å². The van der Waals surface area contributed by atoms with E-state index in [9.17, 15) is 0 Å². The first kappa shape index (κ1) is 15.3. The molecule has 2 rings (SSSR count). The van der Waals surface area contributed by atoms with Gasteiger partial charge in [0.05, 0.1) is 6.54 Å². The molecule has 0 aliphatic carbocycles. The van der Waals surface area contributed by atoms with E-state index in [0.717, 1.165) is 49.5 Å². The predicted octanol–water partition coefficient (Wildman–Crippen LogP) is 3.78. The zero-order valence-electron chi connectivity index (χ0n) is 11.6. The average Bonchev–Trinajstić information content (AvgIpc) is 2.85. The number of nitrogens with zero attached hydrogens (tertiary/aromatic N) is 1. The molecule has 108 valence electrons. The summed E-state index contributed by atoms with van der Waals surface area (Å²) in [5, 5.41) is 0. The standard InChI is InChI=1S/C16H21BrN2O/c17-16-9-8-15(20-16)13-19(11-5-4-10-18)12-14-6-2-1-3-7-14/h1-3,6-9H,4-5,10-13,18H2. The Balaban J connectivity index is 1.96. The molecule has 0 fully saturated rings. The van der Waals surface area contributed by atoms with E-state index in [0.29, 0.717) is 0 Å². The highest BCUT2D eigenvalue weighted by Crippen LogP contribution is 2.17. The van der Waals surface area contributed by atoms with Gasteiger partial charge in [0.15, 0.2) is 4.67 Å². The molecule has 20 heavy (non-hydrogen) atoms. The van der Waals surface area contributed by atoms with Crippen LogP contribution >= 0.6 is 15.9 Å². The van der Waals surface area contributed by atoms with Crippen LogP contribution in [0.25, 0.3) is 0 Å². The molecule has 1 heterocycles. The summed E-state index contributed by atoms with van der Waals surface area (Å²) in [4.78, 5) is 2.40. The molecule has 0 aliphatic rings. The van der Waals surface area contributed by atoms with Gasteiger partial charge in [0.25, 0.3) is 0 Å². The number of benzene rings is 1. The van der Waals surface area contributed by atoms with Gasteiger partial charge in [-0.2, -0.15) is 0 Å². The van der Waals surface area contributed by atoms with Crippen LogP contribution in [-0.4, -0.2) is 18.0 Å². The Morgan fingerprint density at radius 2 is 1.80 bits per heavy atom. The van der Waals surface area contributed by atoms with E-state index in [4.69, 9.17) is 10.2 Å². The summed E-state index contributed by atoms with van der Waals surface area (Å²) in [6.07, 6.45) is 2.18. The molecule has 0 atom stereocenters. The van der Waals surface area contributed by atoms with Crippen LogP contribution < -0.4 is 5.73 Å². The van der Waals surface area contributed by atoms with E-state index >= 15 is 0 Å². The molecular weight excluding hydrogens is 316 g/mol. The molecule has 0 bridgehead atoms. The number of furan rings is 1. The number of rotatable bonds is 8. The molecule has 0 saturated carbocycles. The van der Waals surface area contributed by atoms with Crippen LogP contribution in [0.15, 0.2) is 51.6 Å². The van der Waals surface area contributed by atoms with Gasteiger partial charge in [-0.1, -0.05) is 30.3 Å². The van der Waals surface area contributed by atoms with E-state index in [2.05, 4.69) is 45.1 Å². The summed E-state index contributed by atoms with van der Waals surface area (Å²) in [5.74, 6) is 0.987. The van der Waals surface area contributed by atoms with E-state index < -0.39 is 0 Å². The van der Waals surface area contributed by atoms with Crippen LogP contribution in [-0.2, 0) is 13.1 Å². The number of nitrogens with two attached hydrogens (primary N) is 1. The van der Waals surface area contributed by atoms with Crippen molar-refractivity contribution in [2.75, 3.05) is 13.1 Å². The Bertz CT molecular complexity index is 498. The molecular formula is C16H21BrN2O. The maximum Gasteiger partial charge on any atom is 0.169 e. The molecule has 1 aromatic heterocycles. The number of unbranched alkanes of at least 4 members (excludes halogenated alkanes) is 1. The van der Waals surface area contributed by atoms with Gasteiger partial charge in [-0.05, 0) is 59.6 Å². The summed E-state index contributed by atoms with van der Waals surface area (Å²) < 4.78 is 6.39. The fraction of sp³-hybridized carbons (Fsp3) is 0.375. The fourth-order valence-electron chi connectivity index (χ4n) is 2.19. The van der Waals surface area contributed by atoms with Gasteiger partial charge in [0, 0.05) is 6.54 Å². The molecule has 0 radical (unpaired) electrons. The number of hydrogen-bond acceptors (Lipinski definition) is 3. The highest BCUT2D eigenvalue weighted by molar-refractivity contribution is 9.10. The van der Waals surface area contributed by atoms with Crippen molar-refractivity contribution in [3.8, 4) is 0 Å². The number of hydrogen-bond donors (Lipinski definition) is 1. The second kappa shape index (κ2) is 8.25. The lowest BCUT2D eigenvalue weighted by molar-refractivity contribution is 0.230. The van der Waals surface area contributed by atoms with Gasteiger partial charge in [0.2, 0.25) is 0 Å². The molecule has 3 nitrogen and oxygen atoms in total. The van der Waals surface area contributed by atoms with Crippen molar-refractivity contribution in [3.63, 3.8) is 0 Å². The van der Waals surface area contributed by atoms with Crippen LogP contribution in [0.2, 0.25) is 0 Å². The van der Waals surface area contributed by atoms with E-state index in [1.54, 1.807) is 0 Å². The van der Waals surface area contributed by atoms with Crippen molar-refractivity contribution in [2.45, 2.75) is 25.9 Å². The van der Waals surface area contributed by atoms with E-state index in [-0.39, 0.29) is 0 Å².